The van der Waals surface area contributed by atoms with Gasteiger partial charge < -0.3 is 9.80 Å². The Kier molecular flexibility index (Phi) is 11.1. The van der Waals surface area contributed by atoms with Gasteiger partial charge in [0.15, 0.2) is 0 Å². The molecule has 0 spiro atoms. The van der Waals surface area contributed by atoms with Crippen LogP contribution in [0.2, 0.25) is 0 Å². The molecule has 14 aromatic carbocycles. The molecular formula is C79H54N2S. The van der Waals surface area contributed by atoms with Gasteiger partial charge in [0.05, 0.1) is 5.69 Å². The first kappa shape index (κ1) is 47.9. The summed E-state index contributed by atoms with van der Waals surface area (Å²) < 4.78 is 2.67. The van der Waals surface area contributed by atoms with E-state index in [-0.39, 0.29) is 5.41 Å². The lowest BCUT2D eigenvalue weighted by Crippen LogP contribution is -2.16. The molecule has 0 aliphatic heterocycles. The third-order valence-corrected chi connectivity index (χ3v) is 18.7. The first-order chi connectivity index (χ1) is 40.4. The van der Waals surface area contributed by atoms with Gasteiger partial charge in [0, 0.05) is 59.4 Å². The van der Waals surface area contributed by atoms with Crippen molar-refractivity contribution in [3.63, 3.8) is 0 Å². The Balaban J connectivity index is 0.802. The van der Waals surface area contributed by atoms with E-state index >= 15 is 0 Å². The Hall–Kier alpha value is -10.1. The molecule has 0 saturated heterocycles. The van der Waals surface area contributed by atoms with E-state index in [1.807, 2.05) is 11.3 Å². The Labute approximate surface area is 481 Å². The maximum absolute atomic E-state index is 2.47. The lowest BCUT2D eigenvalue weighted by atomic mass is 9.81. The van der Waals surface area contributed by atoms with Crippen LogP contribution >= 0.6 is 11.3 Å². The number of para-hydroxylation sites is 2. The summed E-state index contributed by atoms with van der Waals surface area (Å²) in [6, 6.07) is 108. The zero-order chi connectivity index (χ0) is 54.5. The number of thiophene rings is 1. The van der Waals surface area contributed by atoms with Crippen LogP contribution in [-0.2, 0) is 5.41 Å². The molecule has 82 heavy (non-hydrogen) atoms. The van der Waals surface area contributed by atoms with Crippen molar-refractivity contribution in [2.24, 2.45) is 0 Å². The predicted molar refractivity (Wildman–Crippen MR) is 353 cm³/mol. The van der Waals surface area contributed by atoms with Crippen LogP contribution in [0, 0.1) is 0 Å². The average Bonchev–Trinajstić information content (AvgIpc) is 3.88. The van der Waals surface area contributed by atoms with Crippen LogP contribution in [0.4, 0.5) is 34.1 Å². The zero-order valence-corrected chi connectivity index (χ0v) is 46.3. The summed E-state index contributed by atoms with van der Waals surface area (Å²) in [6.07, 6.45) is 0. The lowest BCUT2D eigenvalue weighted by Gasteiger charge is -2.29. The highest BCUT2D eigenvalue weighted by Gasteiger charge is 2.36. The third-order valence-electron chi connectivity index (χ3n) is 17.4. The van der Waals surface area contributed by atoms with Crippen molar-refractivity contribution in [2.75, 3.05) is 9.80 Å². The van der Waals surface area contributed by atoms with Crippen molar-refractivity contribution < 1.29 is 0 Å². The van der Waals surface area contributed by atoms with Crippen molar-refractivity contribution in [3.8, 4) is 44.5 Å². The minimum Gasteiger partial charge on any atom is -0.310 e. The van der Waals surface area contributed by atoms with E-state index in [1.54, 1.807) is 0 Å². The smallest absolute Gasteiger partial charge is 0.0540 e. The van der Waals surface area contributed by atoms with Crippen molar-refractivity contribution >= 4 is 109 Å². The van der Waals surface area contributed by atoms with Crippen LogP contribution in [0.25, 0.3) is 108 Å². The highest BCUT2D eigenvalue weighted by atomic mass is 32.1. The molecule has 0 fully saturated rings. The standard InChI is InChI=1S/C79H54N2S/c1-79(2)74-49-54(61-29-17-30-72-71-28-15-16-31-77(71)82-78(61)72)37-44-68(74)69-45-42-59(50-75(69)79)80(57-38-32-51(33-39-57)53-36-43-67-65-25-10-9-23-63(65)64-24-11-12-26-66(64)73(67)48-53)58-40-34-52(35-41-58)60-46-47-76(70-27-14-13-22-62(60)70)81(55-18-5-3-6-19-55)56-20-7-4-8-21-56/h3-50H,1-2H3. The van der Waals surface area contributed by atoms with Gasteiger partial charge in [-0.15, -0.1) is 11.3 Å². The second-order valence-corrected chi connectivity index (χ2v) is 23.4. The van der Waals surface area contributed by atoms with Gasteiger partial charge in [0.2, 0.25) is 0 Å². The topological polar surface area (TPSA) is 6.48 Å². The van der Waals surface area contributed by atoms with E-state index in [4.69, 9.17) is 0 Å². The minimum atomic E-state index is -0.250. The summed E-state index contributed by atoms with van der Waals surface area (Å²) in [6.45, 7) is 4.81. The summed E-state index contributed by atoms with van der Waals surface area (Å²) in [5, 5.41) is 12.7. The van der Waals surface area contributed by atoms with Crippen LogP contribution in [-0.4, -0.2) is 0 Å². The fraction of sp³-hybridized carbons (Fsp3) is 0.0380. The van der Waals surface area contributed by atoms with Gasteiger partial charge in [0.1, 0.15) is 0 Å². The molecule has 0 bridgehead atoms. The van der Waals surface area contributed by atoms with Gasteiger partial charge in [-0.1, -0.05) is 220 Å². The van der Waals surface area contributed by atoms with Gasteiger partial charge >= 0.3 is 0 Å². The molecule has 1 aliphatic carbocycles. The molecular weight excluding hydrogens is 1010 g/mol. The third kappa shape index (κ3) is 7.69. The van der Waals surface area contributed by atoms with Crippen LogP contribution in [0.1, 0.15) is 25.0 Å². The predicted octanol–water partition coefficient (Wildman–Crippen LogP) is 22.9. The SMILES string of the molecule is CC1(C)c2cc(-c3cccc4c3sc3ccccc34)ccc2-c2ccc(N(c3ccc(-c4ccc5c6ccccc6c6ccccc6c5c4)cc3)c3ccc(-c4ccc(N(c5ccccc5)c5ccccc5)c5ccccc45)cc3)cc21. The second-order valence-electron chi connectivity index (χ2n) is 22.4. The van der Waals surface area contributed by atoms with Crippen LogP contribution in [0.15, 0.2) is 291 Å². The number of anilines is 6. The molecule has 3 heteroatoms. The Morgan fingerprint density at radius 3 is 1.38 bits per heavy atom. The lowest BCUT2D eigenvalue weighted by molar-refractivity contribution is 0.660. The first-order valence-electron chi connectivity index (χ1n) is 28.4. The number of fused-ring (bicyclic) bond motifs is 13. The van der Waals surface area contributed by atoms with Crippen LogP contribution in [0.3, 0.4) is 0 Å². The van der Waals surface area contributed by atoms with Crippen molar-refractivity contribution in [1.82, 2.24) is 0 Å². The molecule has 0 saturated carbocycles. The molecule has 15 aromatic rings. The first-order valence-corrected chi connectivity index (χ1v) is 29.2. The summed E-state index contributed by atoms with van der Waals surface area (Å²) in [5.74, 6) is 0. The molecule has 0 N–H and O–H groups in total. The molecule has 1 heterocycles. The van der Waals surface area contributed by atoms with E-state index in [0.717, 1.165) is 39.7 Å². The fourth-order valence-electron chi connectivity index (χ4n) is 13.4. The number of hydrogen-bond acceptors (Lipinski definition) is 3. The van der Waals surface area contributed by atoms with E-state index in [1.165, 1.54) is 113 Å². The molecule has 0 radical (unpaired) electrons. The monoisotopic (exact) mass is 1060 g/mol. The van der Waals surface area contributed by atoms with Crippen molar-refractivity contribution in [3.05, 3.63) is 302 Å². The minimum absolute atomic E-state index is 0.250. The Morgan fingerprint density at radius 1 is 0.256 bits per heavy atom. The van der Waals surface area contributed by atoms with Crippen molar-refractivity contribution in [2.45, 2.75) is 19.3 Å². The van der Waals surface area contributed by atoms with Crippen LogP contribution in [0.5, 0.6) is 0 Å². The van der Waals surface area contributed by atoms with E-state index < -0.39 is 0 Å². The Morgan fingerprint density at radius 2 is 0.720 bits per heavy atom. The quantitative estimate of drug-likeness (QED) is 0.133. The number of nitrogens with zero attached hydrogens (tertiary/aromatic N) is 2. The van der Waals surface area contributed by atoms with E-state index in [0.29, 0.717) is 0 Å². The molecule has 0 unspecified atom stereocenters. The molecule has 1 aromatic heterocycles. The van der Waals surface area contributed by atoms with E-state index in [9.17, 15) is 0 Å². The zero-order valence-electron chi connectivity index (χ0n) is 45.5. The summed E-state index contributed by atoms with van der Waals surface area (Å²) in [5.41, 5.74) is 19.0. The van der Waals surface area contributed by atoms with Crippen LogP contribution < -0.4 is 9.80 Å². The molecule has 16 rings (SSSR count). The van der Waals surface area contributed by atoms with E-state index in [2.05, 4.69) is 315 Å². The molecule has 2 nitrogen and oxygen atoms in total. The van der Waals surface area contributed by atoms with Gasteiger partial charge in [-0.25, -0.2) is 0 Å². The van der Waals surface area contributed by atoms with Gasteiger partial charge in [-0.05, 0) is 178 Å². The highest BCUT2D eigenvalue weighted by Crippen LogP contribution is 2.53. The van der Waals surface area contributed by atoms with Crippen molar-refractivity contribution in [1.29, 1.82) is 0 Å². The second kappa shape index (κ2) is 19.1. The molecule has 0 amide bonds. The summed E-state index contributed by atoms with van der Waals surface area (Å²) in [4.78, 5) is 4.81. The van der Waals surface area contributed by atoms with Gasteiger partial charge in [-0.2, -0.15) is 0 Å². The number of rotatable bonds is 9. The highest BCUT2D eigenvalue weighted by molar-refractivity contribution is 7.26. The van der Waals surface area contributed by atoms with Gasteiger partial charge in [-0.3, -0.25) is 0 Å². The Bertz CT molecular complexity index is 4920. The summed E-state index contributed by atoms with van der Waals surface area (Å²) >= 11 is 1.90. The number of hydrogen-bond donors (Lipinski definition) is 0. The largest absolute Gasteiger partial charge is 0.310 e. The maximum Gasteiger partial charge on any atom is 0.0540 e. The maximum atomic E-state index is 2.47. The number of benzene rings is 14. The average molecular weight is 1060 g/mol. The molecule has 1 aliphatic rings. The van der Waals surface area contributed by atoms with Gasteiger partial charge in [0.25, 0.3) is 0 Å². The molecule has 0 atom stereocenters. The fourth-order valence-corrected chi connectivity index (χ4v) is 14.7. The normalized spacial score (nSPS) is 12.6. The summed E-state index contributed by atoms with van der Waals surface area (Å²) in [7, 11) is 0. The molecule has 386 valence electrons.